The van der Waals surface area contributed by atoms with Crippen molar-refractivity contribution in [2.75, 3.05) is 32.8 Å². The van der Waals surface area contributed by atoms with E-state index in [1.54, 1.807) is 18.3 Å². The highest BCUT2D eigenvalue weighted by molar-refractivity contribution is 5.92. The lowest BCUT2D eigenvalue weighted by molar-refractivity contribution is 0.0183. The molecule has 0 aliphatic carbocycles. The van der Waals surface area contributed by atoms with Crippen LogP contribution in [0.4, 0.5) is 0 Å². The fourth-order valence-electron chi connectivity index (χ4n) is 2.39. The third kappa shape index (κ3) is 4.58. The summed E-state index contributed by atoms with van der Waals surface area (Å²) < 4.78 is 5.35. The monoisotopic (exact) mass is 277 g/mol. The molecule has 1 aromatic heterocycles. The Bertz CT molecular complexity index is 405. The Balaban J connectivity index is 1.62. The number of aromatic nitrogens is 1. The van der Waals surface area contributed by atoms with E-state index in [2.05, 4.69) is 22.1 Å². The standard InChI is InChI=1S/C15H23N3O2/c1-13(18-9-11-20-12-10-18)5-4-8-17-15(19)14-6-2-3-7-16-14/h2-3,6-7,13H,4-5,8-12H2,1H3,(H,17,19). The van der Waals surface area contributed by atoms with Gasteiger partial charge in [-0.1, -0.05) is 6.07 Å². The van der Waals surface area contributed by atoms with Gasteiger partial charge in [0.25, 0.3) is 5.91 Å². The number of hydrogen-bond acceptors (Lipinski definition) is 4. The average Bonchev–Trinajstić information content (AvgIpc) is 2.53. The number of carbonyl (C=O) groups is 1. The fourth-order valence-corrected chi connectivity index (χ4v) is 2.39. The number of rotatable bonds is 6. The molecule has 0 bridgehead atoms. The molecule has 1 atom stereocenters. The number of nitrogens with one attached hydrogen (secondary N) is 1. The summed E-state index contributed by atoms with van der Waals surface area (Å²) in [5, 5.41) is 2.91. The van der Waals surface area contributed by atoms with E-state index in [0.29, 0.717) is 18.3 Å². The predicted molar refractivity (Wildman–Crippen MR) is 77.7 cm³/mol. The van der Waals surface area contributed by atoms with E-state index in [-0.39, 0.29) is 5.91 Å². The average molecular weight is 277 g/mol. The lowest BCUT2D eigenvalue weighted by Crippen LogP contribution is -2.42. The van der Waals surface area contributed by atoms with E-state index in [1.807, 2.05) is 6.07 Å². The maximum absolute atomic E-state index is 11.8. The molecule has 1 fully saturated rings. The fraction of sp³-hybridized carbons (Fsp3) is 0.600. The third-order valence-electron chi connectivity index (χ3n) is 3.65. The Morgan fingerprint density at radius 1 is 1.45 bits per heavy atom. The van der Waals surface area contributed by atoms with Gasteiger partial charge in [-0.3, -0.25) is 14.7 Å². The lowest BCUT2D eigenvalue weighted by atomic mass is 10.1. The molecule has 1 aliphatic heterocycles. The van der Waals surface area contributed by atoms with Crippen LogP contribution in [0, 0.1) is 0 Å². The second-order valence-electron chi connectivity index (χ2n) is 5.11. The van der Waals surface area contributed by atoms with Crippen LogP contribution in [0.15, 0.2) is 24.4 Å². The van der Waals surface area contributed by atoms with E-state index >= 15 is 0 Å². The zero-order valence-corrected chi connectivity index (χ0v) is 12.0. The molecule has 1 N–H and O–H groups in total. The van der Waals surface area contributed by atoms with Gasteiger partial charge in [0.15, 0.2) is 0 Å². The van der Waals surface area contributed by atoms with Crippen molar-refractivity contribution >= 4 is 5.91 Å². The number of hydrogen-bond donors (Lipinski definition) is 1. The van der Waals surface area contributed by atoms with Gasteiger partial charge in [-0.25, -0.2) is 0 Å². The molecular weight excluding hydrogens is 254 g/mol. The highest BCUT2D eigenvalue weighted by Gasteiger charge is 2.16. The second kappa shape index (κ2) is 7.97. The summed E-state index contributed by atoms with van der Waals surface area (Å²) in [7, 11) is 0. The molecule has 5 nitrogen and oxygen atoms in total. The zero-order chi connectivity index (χ0) is 14.2. The predicted octanol–water partition coefficient (Wildman–Crippen LogP) is 1.31. The number of carbonyl (C=O) groups excluding carboxylic acids is 1. The zero-order valence-electron chi connectivity index (χ0n) is 12.0. The second-order valence-corrected chi connectivity index (χ2v) is 5.11. The van der Waals surface area contributed by atoms with Gasteiger partial charge in [0, 0.05) is 31.9 Å². The number of ether oxygens (including phenoxy) is 1. The number of pyridine rings is 1. The molecule has 0 aromatic carbocycles. The minimum Gasteiger partial charge on any atom is -0.379 e. The molecule has 0 spiro atoms. The number of morpholine rings is 1. The van der Waals surface area contributed by atoms with Crippen molar-refractivity contribution in [1.29, 1.82) is 0 Å². The Morgan fingerprint density at radius 2 is 2.25 bits per heavy atom. The van der Waals surface area contributed by atoms with Gasteiger partial charge in [-0.2, -0.15) is 0 Å². The summed E-state index contributed by atoms with van der Waals surface area (Å²) in [6.45, 7) is 6.64. The number of nitrogens with zero attached hydrogens (tertiary/aromatic N) is 2. The van der Waals surface area contributed by atoms with Crippen LogP contribution in [0.2, 0.25) is 0 Å². The minimum atomic E-state index is -0.0929. The highest BCUT2D eigenvalue weighted by Crippen LogP contribution is 2.08. The highest BCUT2D eigenvalue weighted by atomic mass is 16.5. The van der Waals surface area contributed by atoms with E-state index in [9.17, 15) is 4.79 Å². The largest absolute Gasteiger partial charge is 0.379 e. The maximum atomic E-state index is 11.8. The Hall–Kier alpha value is -1.46. The first kappa shape index (κ1) is 14.9. The van der Waals surface area contributed by atoms with Crippen molar-refractivity contribution in [3.8, 4) is 0 Å². The smallest absolute Gasteiger partial charge is 0.269 e. The summed E-state index contributed by atoms with van der Waals surface area (Å²) >= 11 is 0. The first-order chi connectivity index (χ1) is 9.77. The molecule has 5 heteroatoms. The van der Waals surface area contributed by atoms with Crippen LogP contribution in [0.1, 0.15) is 30.3 Å². The molecule has 1 aromatic rings. The molecule has 1 aliphatic rings. The summed E-state index contributed by atoms with van der Waals surface area (Å²) in [5.41, 5.74) is 0.480. The topological polar surface area (TPSA) is 54.5 Å². The molecule has 110 valence electrons. The quantitative estimate of drug-likeness (QED) is 0.797. The van der Waals surface area contributed by atoms with Crippen LogP contribution in [-0.4, -0.2) is 54.7 Å². The van der Waals surface area contributed by atoms with Gasteiger partial charge in [-0.05, 0) is 31.9 Å². The summed E-state index contributed by atoms with van der Waals surface area (Å²) in [5.74, 6) is -0.0929. The Kier molecular flexibility index (Phi) is 5.95. The Labute approximate surface area is 120 Å². The van der Waals surface area contributed by atoms with Gasteiger partial charge < -0.3 is 10.1 Å². The van der Waals surface area contributed by atoms with Crippen LogP contribution in [0.3, 0.4) is 0 Å². The molecule has 2 heterocycles. The molecule has 1 unspecified atom stereocenters. The SMILES string of the molecule is CC(CCCNC(=O)c1ccccn1)N1CCOCC1. The van der Waals surface area contributed by atoms with Crippen LogP contribution in [-0.2, 0) is 4.74 Å². The lowest BCUT2D eigenvalue weighted by Gasteiger charge is -2.32. The van der Waals surface area contributed by atoms with Crippen LogP contribution >= 0.6 is 0 Å². The molecule has 20 heavy (non-hydrogen) atoms. The first-order valence-corrected chi connectivity index (χ1v) is 7.28. The number of amides is 1. The van der Waals surface area contributed by atoms with Crippen molar-refractivity contribution in [2.24, 2.45) is 0 Å². The first-order valence-electron chi connectivity index (χ1n) is 7.28. The molecule has 0 saturated carbocycles. The summed E-state index contributed by atoms with van der Waals surface area (Å²) in [6.07, 6.45) is 3.70. The van der Waals surface area contributed by atoms with E-state index in [0.717, 1.165) is 39.1 Å². The molecule has 2 rings (SSSR count). The molecule has 0 radical (unpaired) electrons. The van der Waals surface area contributed by atoms with Crippen molar-refractivity contribution < 1.29 is 9.53 Å². The van der Waals surface area contributed by atoms with Crippen LogP contribution in [0.5, 0.6) is 0 Å². The van der Waals surface area contributed by atoms with Crippen LogP contribution in [0.25, 0.3) is 0 Å². The van der Waals surface area contributed by atoms with E-state index < -0.39 is 0 Å². The summed E-state index contributed by atoms with van der Waals surface area (Å²) in [6, 6.07) is 5.90. The normalized spacial score (nSPS) is 17.6. The van der Waals surface area contributed by atoms with Gasteiger partial charge in [0.2, 0.25) is 0 Å². The van der Waals surface area contributed by atoms with Gasteiger partial charge >= 0.3 is 0 Å². The van der Waals surface area contributed by atoms with Gasteiger partial charge in [0.1, 0.15) is 5.69 Å². The van der Waals surface area contributed by atoms with Crippen molar-refractivity contribution in [1.82, 2.24) is 15.2 Å². The molecular formula is C15H23N3O2. The van der Waals surface area contributed by atoms with E-state index in [1.165, 1.54) is 0 Å². The van der Waals surface area contributed by atoms with Crippen molar-refractivity contribution in [2.45, 2.75) is 25.8 Å². The van der Waals surface area contributed by atoms with Gasteiger partial charge in [-0.15, -0.1) is 0 Å². The van der Waals surface area contributed by atoms with Crippen LogP contribution < -0.4 is 5.32 Å². The maximum Gasteiger partial charge on any atom is 0.269 e. The minimum absolute atomic E-state index is 0.0929. The Morgan fingerprint density at radius 3 is 2.95 bits per heavy atom. The summed E-state index contributed by atoms with van der Waals surface area (Å²) in [4.78, 5) is 18.3. The third-order valence-corrected chi connectivity index (χ3v) is 3.65. The van der Waals surface area contributed by atoms with E-state index in [4.69, 9.17) is 4.74 Å². The molecule has 1 saturated heterocycles. The van der Waals surface area contributed by atoms with Gasteiger partial charge in [0.05, 0.1) is 13.2 Å². The van der Waals surface area contributed by atoms with Crippen molar-refractivity contribution in [3.63, 3.8) is 0 Å². The molecule has 1 amide bonds. The van der Waals surface area contributed by atoms with Crippen molar-refractivity contribution in [3.05, 3.63) is 30.1 Å².